The predicted molar refractivity (Wildman–Crippen MR) is 54.0 cm³/mol. The number of carbonyl (C=O) groups is 1. The molecule has 0 aliphatic rings. The molecule has 4 nitrogen and oxygen atoms in total. The van der Waals surface area contributed by atoms with Crippen LogP contribution in [0.2, 0.25) is 5.02 Å². The lowest BCUT2D eigenvalue weighted by atomic mass is 10.2. The van der Waals surface area contributed by atoms with Crippen LogP contribution in [0, 0.1) is 0 Å². The van der Waals surface area contributed by atoms with E-state index in [2.05, 4.69) is 5.32 Å². The summed E-state index contributed by atoms with van der Waals surface area (Å²) in [5, 5.41) is 12.1. The molecule has 0 bridgehead atoms. The van der Waals surface area contributed by atoms with E-state index in [4.69, 9.17) is 16.3 Å². The van der Waals surface area contributed by atoms with E-state index < -0.39 is 0 Å². The first-order valence-corrected chi connectivity index (χ1v) is 4.26. The van der Waals surface area contributed by atoms with E-state index in [9.17, 15) is 9.90 Å². The van der Waals surface area contributed by atoms with E-state index in [0.717, 1.165) is 0 Å². The van der Waals surface area contributed by atoms with Gasteiger partial charge in [0.1, 0.15) is 11.5 Å². The number of amides is 1. The Hall–Kier alpha value is -1.42. The number of rotatable bonds is 2. The summed E-state index contributed by atoms with van der Waals surface area (Å²) in [4.78, 5) is 10.8. The van der Waals surface area contributed by atoms with Crippen LogP contribution in [0.25, 0.3) is 0 Å². The number of carbonyl (C=O) groups excluding carboxylic acids is 1. The summed E-state index contributed by atoms with van der Waals surface area (Å²) in [6.07, 6.45) is 0. The summed E-state index contributed by atoms with van der Waals surface area (Å²) in [5.74, 6) is 0.0314. The smallest absolute Gasteiger partial charge is 0.221 e. The second-order valence-corrected chi connectivity index (χ2v) is 3.09. The van der Waals surface area contributed by atoms with Crippen molar-refractivity contribution in [1.29, 1.82) is 0 Å². The fourth-order valence-electron chi connectivity index (χ4n) is 0.989. The van der Waals surface area contributed by atoms with Crippen molar-refractivity contribution in [2.24, 2.45) is 0 Å². The largest absolute Gasteiger partial charge is 0.506 e. The van der Waals surface area contributed by atoms with Gasteiger partial charge in [-0.05, 0) is 0 Å². The minimum Gasteiger partial charge on any atom is -0.506 e. The van der Waals surface area contributed by atoms with Crippen LogP contribution in [0.15, 0.2) is 12.1 Å². The van der Waals surface area contributed by atoms with Crippen LogP contribution >= 0.6 is 11.6 Å². The van der Waals surface area contributed by atoms with Crippen molar-refractivity contribution >= 4 is 23.2 Å². The van der Waals surface area contributed by atoms with Crippen LogP contribution in [-0.2, 0) is 4.79 Å². The Morgan fingerprint density at radius 1 is 1.57 bits per heavy atom. The molecule has 1 amide bonds. The van der Waals surface area contributed by atoms with Crippen LogP contribution in [-0.4, -0.2) is 18.1 Å². The van der Waals surface area contributed by atoms with E-state index in [0.29, 0.717) is 10.8 Å². The molecule has 0 spiro atoms. The monoisotopic (exact) mass is 215 g/mol. The van der Waals surface area contributed by atoms with Crippen molar-refractivity contribution in [2.45, 2.75) is 6.92 Å². The van der Waals surface area contributed by atoms with Crippen molar-refractivity contribution in [1.82, 2.24) is 0 Å². The Labute approximate surface area is 86.4 Å². The third-order valence-electron chi connectivity index (χ3n) is 1.58. The number of benzene rings is 1. The van der Waals surface area contributed by atoms with Crippen molar-refractivity contribution in [3.8, 4) is 11.5 Å². The van der Waals surface area contributed by atoms with E-state index in [1.165, 1.54) is 26.2 Å². The molecule has 0 radical (unpaired) electrons. The van der Waals surface area contributed by atoms with Crippen molar-refractivity contribution in [2.75, 3.05) is 12.4 Å². The van der Waals surface area contributed by atoms with Gasteiger partial charge in [0, 0.05) is 19.1 Å². The molecule has 14 heavy (non-hydrogen) atoms. The van der Waals surface area contributed by atoms with Gasteiger partial charge in [0.05, 0.1) is 17.8 Å². The van der Waals surface area contributed by atoms with E-state index >= 15 is 0 Å². The lowest BCUT2D eigenvalue weighted by Crippen LogP contribution is -2.06. The van der Waals surface area contributed by atoms with Gasteiger partial charge >= 0.3 is 0 Å². The number of nitrogens with one attached hydrogen (secondary N) is 1. The molecule has 1 aromatic carbocycles. The van der Waals surface area contributed by atoms with Gasteiger partial charge in [-0.2, -0.15) is 0 Å². The maximum Gasteiger partial charge on any atom is 0.221 e. The summed E-state index contributed by atoms with van der Waals surface area (Å²) in [6, 6.07) is 2.77. The van der Waals surface area contributed by atoms with Crippen molar-refractivity contribution in [3.63, 3.8) is 0 Å². The Morgan fingerprint density at radius 2 is 2.21 bits per heavy atom. The van der Waals surface area contributed by atoms with E-state index in [1.807, 2.05) is 0 Å². The molecular formula is C9H10ClNO3. The second kappa shape index (κ2) is 4.19. The Morgan fingerprint density at radius 3 is 2.71 bits per heavy atom. The molecule has 76 valence electrons. The summed E-state index contributed by atoms with van der Waals surface area (Å²) in [6.45, 7) is 1.35. The Bertz CT molecular complexity index is 365. The number of ether oxygens (including phenoxy) is 1. The molecule has 0 aliphatic heterocycles. The number of aromatic hydroxyl groups is 1. The topological polar surface area (TPSA) is 58.6 Å². The van der Waals surface area contributed by atoms with Gasteiger partial charge in [0.15, 0.2) is 0 Å². The van der Waals surface area contributed by atoms with Crippen LogP contribution in [0.1, 0.15) is 6.92 Å². The number of hydrogen-bond donors (Lipinski definition) is 2. The summed E-state index contributed by atoms with van der Waals surface area (Å²) in [7, 11) is 1.45. The van der Waals surface area contributed by atoms with Gasteiger partial charge in [-0.3, -0.25) is 4.79 Å². The lowest BCUT2D eigenvalue weighted by molar-refractivity contribution is -0.114. The lowest BCUT2D eigenvalue weighted by Gasteiger charge is -2.08. The van der Waals surface area contributed by atoms with E-state index in [1.54, 1.807) is 0 Å². The maximum atomic E-state index is 10.8. The zero-order valence-electron chi connectivity index (χ0n) is 7.80. The van der Waals surface area contributed by atoms with Gasteiger partial charge in [-0.15, -0.1) is 0 Å². The van der Waals surface area contributed by atoms with Gasteiger partial charge < -0.3 is 15.2 Å². The quantitative estimate of drug-likeness (QED) is 0.742. The molecular weight excluding hydrogens is 206 g/mol. The molecule has 0 fully saturated rings. The molecule has 5 heteroatoms. The second-order valence-electron chi connectivity index (χ2n) is 2.69. The number of anilines is 1. The van der Waals surface area contributed by atoms with Gasteiger partial charge in [0.2, 0.25) is 5.91 Å². The Balaban J connectivity index is 3.10. The van der Waals surface area contributed by atoms with Crippen LogP contribution in [0.5, 0.6) is 11.5 Å². The minimum atomic E-state index is -0.273. The highest BCUT2D eigenvalue weighted by molar-refractivity contribution is 6.32. The first-order valence-electron chi connectivity index (χ1n) is 3.88. The van der Waals surface area contributed by atoms with Crippen LogP contribution in [0.3, 0.4) is 0 Å². The van der Waals surface area contributed by atoms with Gasteiger partial charge in [-0.1, -0.05) is 11.6 Å². The average Bonchev–Trinajstić information content (AvgIpc) is 2.09. The molecule has 2 N–H and O–H groups in total. The zero-order chi connectivity index (χ0) is 10.7. The zero-order valence-corrected chi connectivity index (χ0v) is 8.55. The normalized spacial score (nSPS) is 9.64. The van der Waals surface area contributed by atoms with Crippen LogP contribution in [0.4, 0.5) is 5.69 Å². The molecule has 0 atom stereocenters. The van der Waals surface area contributed by atoms with E-state index in [-0.39, 0.29) is 17.3 Å². The average molecular weight is 216 g/mol. The highest BCUT2D eigenvalue weighted by atomic mass is 35.5. The molecule has 0 saturated carbocycles. The number of hydrogen-bond acceptors (Lipinski definition) is 3. The fourth-order valence-corrected chi connectivity index (χ4v) is 1.22. The maximum absolute atomic E-state index is 10.8. The summed E-state index contributed by atoms with van der Waals surface area (Å²) in [5.41, 5.74) is 0.277. The number of halogens is 1. The number of phenols is 1. The summed E-state index contributed by atoms with van der Waals surface area (Å²) >= 11 is 5.74. The first kappa shape index (κ1) is 10.7. The highest BCUT2D eigenvalue weighted by Crippen LogP contribution is 2.34. The predicted octanol–water partition coefficient (Wildman–Crippen LogP) is 2.01. The molecule has 0 aromatic heterocycles. The Kier molecular flexibility index (Phi) is 3.19. The molecule has 0 heterocycles. The van der Waals surface area contributed by atoms with Crippen LogP contribution < -0.4 is 10.1 Å². The number of phenolic OH excluding ortho intramolecular Hbond substituents is 1. The third-order valence-corrected chi connectivity index (χ3v) is 1.88. The van der Waals surface area contributed by atoms with Crippen molar-refractivity contribution in [3.05, 3.63) is 17.2 Å². The van der Waals surface area contributed by atoms with Crippen molar-refractivity contribution < 1.29 is 14.6 Å². The summed E-state index contributed by atoms with van der Waals surface area (Å²) < 4.78 is 4.93. The highest BCUT2D eigenvalue weighted by Gasteiger charge is 2.08. The standard InChI is InChI=1S/C9H10ClNO3/c1-5(12)11-7-4-9(14-2)6(10)3-8(7)13/h3-4,13H,1-2H3,(H,11,12). The molecule has 1 rings (SSSR count). The molecule has 0 unspecified atom stereocenters. The fraction of sp³-hybridized carbons (Fsp3) is 0.222. The minimum absolute atomic E-state index is 0.0917. The molecule has 1 aromatic rings. The number of methoxy groups -OCH3 is 1. The SMILES string of the molecule is COc1cc(NC(C)=O)c(O)cc1Cl. The third kappa shape index (κ3) is 2.29. The first-order chi connectivity index (χ1) is 6.54. The molecule has 0 aliphatic carbocycles. The van der Waals surface area contributed by atoms with Gasteiger partial charge in [-0.25, -0.2) is 0 Å². The molecule has 0 saturated heterocycles. The van der Waals surface area contributed by atoms with Gasteiger partial charge in [0.25, 0.3) is 0 Å².